The van der Waals surface area contributed by atoms with Crippen molar-refractivity contribution in [2.24, 2.45) is 11.8 Å². The standard InChI is InChI=1S/C14H16BrNO/c1-8-4-2-5-9(8)12-10-6-3-7-11(15)13(10)16-14(12)17/h3,6-9,12H,2,4-5H2,1H3,(H,16,17). The fraction of sp³-hybridized carbons (Fsp3) is 0.500. The second-order valence-corrected chi connectivity index (χ2v) is 6.10. The summed E-state index contributed by atoms with van der Waals surface area (Å²) in [6.07, 6.45) is 3.71. The van der Waals surface area contributed by atoms with Crippen LogP contribution in [-0.2, 0) is 4.79 Å². The first-order valence-electron chi connectivity index (χ1n) is 6.27. The van der Waals surface area contributed by atoms with E-state index in [1.54, 1.807) is 0 Å². The Labute approximate surface area is 110 Å². The van der Waals surface area contributed by atoms with E-state index >= 15 is 0 Å². The molecule has 1 aromatic carbocycles. The lowest BCUT2D eigenvalue weighted by Crippen LogP contribution is -2.22. The topological polar surface area (TPSA) is 29.1 Å². The molecule has 0 spiro atoms. The Kier molecular flexibility index (Phi) is 2.74. The Bertz CT molecular complexity index is 471. The van der Waals surface area contributed by atoms with Crippen molar-refractivity contribution in [2.75, 3.05) is 5.32 Å². The molecule has 0 aromatic heterocycles. The lowest BCUT2D eigenvalue weighted by Gasteiger charge is -2.21. The summed E-state index contributed by atoms with van der Waals surface area (Å²) in [5.74, 6) is 1.44. The number of carbonyl (C=O) groups is 1. The maximum Gasteiger partial charge on any atom is 0.232 e. The van der Waals surface area contributed by atoms with Crippen molar-refractivity contribution in [3.63, 3.8) is 0 Å². The predicted molar refractivity (Wildman–Crippen MR) is 72.0 cm³/mol. The molecule has 1 aliphatic heterocycles. The second kappa shape index (κ2) is 4.13. The Morgan fingerprint density at radius 2 is 2.18 bits per heavy atom. The molecule has 1 fully saturated rings. The third-order valence-corrected chi connectivity index (χ3v) is 4.93. The van der Waals surface area contributed by atoms with Crippen molar-refractivity contribution in [1.29, 1.82) is 0 Å². The van der Waals surface area contributed by atoms with Gasteiger partial charge in [0.1, 0.15) is 0 Å². The minimum atomic E-state index is 0.0694. The second-order valence-electron chi connectivity index (χ2n) is 5.24. The van der Waals surface area contributed by atoms with Gasteiger partial charge in [-0.3, -0.25) is 4.79 Å². The van der Waals surface area contributed by atoms with Crippen molar-refractivity contribution < 1.29 is 4.79 Å². The van der Waals surface area contributed by atoms with Crippen LogP contribution in [0.2, 0.25) is 0 Å². The van der Waals surface area contributed by atoms with Crippen LogP contribution in [0.3, 0.4) is 0 Å². The summed E-state index contributed by atoms with van der Waals surface area (Å²) >= 11 is 3.51. The van der Waals surface area contributed by atoms with E-state index in [1.165, 1.54) is 24.8 Å². The van der Waals surface area contributed by atoms with Crippen molar-refractivity contribution in [3.05, 3.63) is 28.2 Å². The Morgan fingerprint density at radius 1 is 1.35 bits per heavy atom. The van der Waals surface area contributed by atoms with Crippen molar-refractivity contribution >= 4 is 27.5 Å². The molecule has 1 aliphatic carbocycles. The quantitative estimate of drug-likeness (QED) is 0.835. The van der Waals surface area contributed by atoms with E-state index in [0.29, 0.717) is 11.8 Å². The molecule has 0 bridgehead atoms. The molecule has 3 unspecified atom stereocenters. The number of halogens is 1. The van der Waals surface area contributed by atoms with Gasteiger partial charge in [0.15, 0.2) is 0 Å². The van der Waals surface area contributed by atoms with Gasteiger partial charge in [-0.2, -0.15) is 0 Å². The van der Waals surface area contributed by atoms with Crippen LogP contribution in [0.1, 0.15) is 37.7 Å². The molecule has 1 saturated carbocycles. The SMILES string of the molecule is CC1CCCC1C1C(=O)Nc2c(Br)cccc21. The third-order valence-electron chi connectivity index (χ3n) is 4.27. The summed E-state index contributed by atoms with van der Waals surface area (Å²) in [5.41, 5.74) is 2.17. The molecule has 1 heterocycles. The molecule has 2 nitrogen and oxygen atoms in total. The van der Waals surface area contributed by atoms with Crippen LogP contribution in [0, 0.1) is 11.8 Å². The largest absolute Gasteiger partial charge is 0.324 e. The van der Waals surface area contributed by atoms with E-state index in [9.17, 15) is 4.79 Å². The maximum absolute atomic E-state index is 12.2. The third kappa shape index (κ3) is 1.71. The molecule has 3 atom stereocenters. The van der Waals surface area contributed by atoms with Gasteiger partial charge in [0.2, 0.25) is 5.91 Å². The Balaban J connectivity index is 2.02. The highest BCUT2D eigenvalue weighted by molar-refractivity contribution is 9.10. The average Bonchev–Trinajstić information content (AvgIpc) is 2.83. The molecule has 17 heavy (non-hydrogen) atoms. The summed E-state index contributed by atoms with van der Waals surface area (Å²) in [6, 6.07) is 6.10. The van der Waals surface area contributed by atoms with E-state index in [0.717, 1.165) is 10.2 Å². The Hall–Kier alpha value is -0.830. The van der Waals surface area contributed by atoms with Crippen LogP contribution in [0.25, 0.3) is 0 Å². The van der Waals surface area contributed by atoms with Gasteiger partial charge in [-0.05, 0) is 45.8 Å². The number of benzene rings is 1. The van der Waals surface area contributed by atoms with Crippen LogP contribution in [0.4, 0.5) is 5.69 Å². The highest BCUT2D eigenvalue weighted by atomic mass is 79.9. The van der Waals surface area contributed by atoms with Gasteiger partial charge in [0.25, 0.3) is 0 Å². The zero-order chi connectivity index (χ0) is 12.0. The van der Waals surface area contributed by atoms with Crippen LogP contribution in [0.5, 0.6) is 0 Å². The first-order valence-corrected chi connectivity index (χ1v) is 7.07. The highest BCUT2D eigenvalue weighted by Crippen LogP contribution is 2.48. The number of amides is 1. The number of rotatable bonds is 1. The molecule has 0 radical (unpaired) electrons. The number of fused-ring (bicyclic) bond motifs is 1. The number of nitrogens with one attached hydrogen (secondary N) is 1. The van der Waals surface area contributed by atoms with Gasteiger partial charge < -0.3 is 5.32 Å². The molecule has 2 aliphatic rings. The normalized spacial score (nSPS) is 31.4. The molecule has 90 valence electrons. The van der Waals surface area contributed by atoms with Crippen LogP contribution >= 0.6 is 15.9 Å². The Morgan fingerprint density at radius 3 is 2.88 bits per heavy atom. The molecule has 0 saturated heterocycles. The molecule has 3 rings (SSSR count). The van der Waals surface area contributed by atoms with Crippen molar-refractivity contribution in [2.45, 2.75) is 32.1 Å². The zero-order valence-electron chi connectivity index (χ0n) is 9.87. The van der Waals surface area contributed by atoms with Crippen LogP contribution in [-0.4, -0.2) is 5.91 Å². The number of hydrogen-bond acceptors (Lipinski definition) is 1. The van der Waals surface area contributed by atoms with Crippen LogP contribution in [0.15, 0.2) is 22.7 Å². The number of hydrogen-bond donors (Lipinski definition) is 1. The molecule has 1 aromatic rings. The first kappa shape index (κ1) is 11.3. The van der Waals surface area contributed by atoms with Gasteiger partial charge in [-0.1, -0.05) is 31.9 Å². The van der Waals surface area contributed by atoms with Crippen molar-refractivity contribution in [3.8, 4) is 0 Å². The van der Waals surface area contributed by atoms with Gasteiger partial charge in [0, 0.05) is 4.47 Å². The summed E-state index contributed by atoms with van der Waals surface area (Å²) in [7, 11) is 0. The molecule has 1 amide bonds. The summed E-state index contributed by atoms with van der Waals surface area (Å²) in [5, 5.41) is 3.03. The minimum absolute atomic E-state index is 0.0694. The highest BCUT2D eigenvalue weighted by Gasteiger charge is 2.41. The van der Waals surface area contributed by atoms with Crippen LogP contribution < -0.4 is 5.32 Å². The summed E-state index contributed by atoms with van der Waals surface area (Å²) < 4.78 is 0.997. The summed E-state index contributed by atoms with van der Waals surface area (Å²) in [6.45, 7) is 2.28. The maximum atomic E-state index is 12.2. The molecule has 1 N–H and O–H groups in total. The van der Waals surface area contributed by atoms with Gasteiger partial charge in [0.05, 0.1) is 11.6 Å². The van der Waals surface area contributed by atoms with E-state index < -0.39 is 0 Å². The fourth-order valence-corrected chi connectivity index (χ4v) is 3.85. The smallest absolute Gasteiger partial charge is 0.232 e. The van der Waals surface area contributed by atoms with E-state index in [-0.39, 0.29) is 11.8 Å². The lowest BCUT2D eigenvalue weighted by molar-refractivity contribution is -0.118. The molecule has 3 heteroatoms. The zero-order valence-corrected chi connectivity index (χ0v) is 11.5. The van der Waals surface area contributed by atoms with Gasteiger partial charge in [-0.25, -0.2) is 0 Å². The lowest BCUT2D eigenvalue weighted by atomic mass is 9.81. The fourth-order valence-electron chi connectivity index (χ4n) is 3.37. The monoisotopic (exact) mass is 293 g/mol. The predicted octanol–water partition coefficient (Wildman–Crippen LogP) is 3.92. The van der Waals surface area contributed by atoms with Crippen molar-refractivity contribution in [1.82, 2.24) is 0 Å². The van der Waals surface area contributed by atoms with E-state index in [1.807, 2.05) is 12.1 Å². The molecular formula is C14H16BrNO. The number of carbonyl (C=O) groups excluding carboxylic acids is 1. The number of anilines is 1. The van der Waals surface area contributed by atoms with E-state index in [2.05, 4.69) is 34.2 Å². The van der Waals surface area contributed by atoms with E-state index in [4.69, 9.17) is 0 Å². The number of para-hydroxylation sites is 1. The average molecular weight is 294 g/mol. The van der Waals surface area contributed by atoms with Gasteiger partial charge in [-0.15, -0.1) is 0 Å². The molecular weight excluding hydrogens is 278 g/mol. The van der Waals surface area contributed by atoms with Gasteiger partial charge >= 0.3 is 0 Å². The first-order chi connectivity index (χ1) is 8.18. The summed E-state index contributed by atoms with van der Waals surface area (Å²) in [4.78, 5) is 12.2. The minimum Gasteiger partial charge on any atom is -0.324 e.